The highest BCUT2D eigenvalue weighted by Gasteiger charge is 2.08. The predicted molar refractivity (Wildman–Crippen MR) is 88.9 cm³/mol. The zero-order valence-electron chi connectivity index (χ0n) is 12.5. The topological polar surface area (TPSA) is 78.7 Å². The maximum Gasteiger partial charge on any atom is 0.243 e. The molecule has 0 spiro atoms. The van der Waals surface area contributed by atoms with Crippen molar-refractivity contribution in [3.05, 3.63) is 75.5 Å². The summed E-state index contributed by atoms with van der Waals surface area (Å²) < 4.78 is 21.6. The molecule has 0 N–H and O–H groups in total. The van der Waals surface area contributed by atoms with E-state index in [4.69, 9.17) is 9.26 Å². The highest BCUT2D eigenvalue weighted by Crippen LogP contribution is 2.26. The van der Waals surface area contributed by atoms with Crippen molar-refractivity contribution in [1.82, 2.24) is 0 Å². The van der Waals surface area contributed by atoms with Crippen molar-refractivity contribution in [2.45, 2.75) is 13.5 Å². The second kappa shape index (κ2) is 8.15. The Kier molecular flexibility index (Phi) is 5.94. The fourth-order valence-corrected chi connectivity index (χ4v) is 2.27. The molecular formula is C16H16NO5P. The molecule has 0 saturated carbocycles. The monoisotopic (exact) mass is 333 g/mol. The molecule has 0 radical (unpaired) electrons. The van der Waals surface area contributed by atoms with Crippen LogP contribution in [0.25, 0.3) is 6.08 Å². The normalized spacial score (nSPS) is 11.6. The minimum absolute atomic E-state index is 0.0306. The number of nitrogens with zero attached hydrogens (tertiary/aromatic N) is 1. The first kappa shape index (κ1) is 16.8. The van der Waals surface area contributed by atoms with E-state index in [1.807, 2.05) is 30.3 Å². The molecule has 0 aromatic heterocycles. The van der Waals surface area contributed by atoms with Crippen molar-refractivity contribution in [2.24, 2.45) is 0 Å². The Morgan fingerprint density at radius 3 is 2.65 bits per heavy atom. The fourth-order valence-electron chi connectivity index (χ4n) is 1.94. The Morgan fingerprint density at radius 2 is 2.00 bits per heavy atom. The molecule has 1 atom stereocenters. The average molecular weight is 333 g/mol. The summed E-state index contributed by atoms with van der Waals surface area (Å²) in [5.74, 6) is 1.14. The number of ether oxygens (including phenoxy) is 1. The van der Waals surface area contributed by atoms with Gasteiger partial charge in [0.25, 0.3) is 0 Å². The minimum Gasteiger partial charge on any atom is -0.489 e. The van der Waals surface area contributed by atoms with Crippen LogP contribution in [0.4, 0.5) is 0 Å². The van der Waals surface area contributed by atoms with Gasteiger partial charge in [0.2, 0.25) is 14.4 Å². The third-order valence-electron chi connectivity index (χ3n) is 3.06. The van der Waals surface area contributed by atoms with Gasteiger partial charge in [-0.3, -0.25) is 14.7 Å². The summed E-state index contributed by atoms with van der Waals surface area (Å²) in [6, 6.07) is 14.3. The second-order valence-corrected chi connectivity index (χ2v) is 5.15. The van der Waals surface area contributed by atoms with E-state index in [9.17, 15) is 14.7 Å². The number of para-hydroxylation sites is 1. The number of allylic oxidation sites excluding steroid dienone is 1. The largest absolute Gasteiger partial charge is 0.489 e. The van der Waals surface area contributed by atoms with Gasteiger partial charge in [0.1, 0.15) is 18.1 Å². The third-order valence-corrected chi connectivity index (χ3v) is 3.41. The summed E-state index contributed by atoms with van der Waals surface area (Å²) in [4.78, 5) is 10.3. The van der Waals surface area contributed by atoms with Crippen LogP contribution in [0.5, 0.6) is 11.5 Å². The molecule has 23 heavy (non-hydrogen) atoms. The summed E-state index contributed by atoms with van der Waals surface area (Å²) in [7, 11) is -1.40. The molecule has 2 aromatic rings. The molecule has 0 amide bonds. The Labute approximate surface area is 134 Å². The predicted octanol–water partition coefficient (Wildman–Crippen LogP) is 3.95. The minimum atomic E-state index is -1.40. The summed E-state index contributed by atoms with van der Waals surface area (Å²) in [6.07, 6.45) is 1.46. The molecule has 0 heterocycles. The SMILES string of the molecule is CC(=Cc1ccc(O[PH2]=O)c(COc2ccccc2)c1)[N+](=O)[O-]. The van der Waals surface area contributed by atoms with Crippen LogP contribution >= 0.6 is 8.69 Å². The quantitative estimate of drug-likeness (QED) is 0.435. The Morgan fingerprint density at radius 1 is 1.26 bits per heavy atom. The van der Waals surface area contributed by atoms with E-state index in [2.05, 4.69) is 0 Å². The van der Waals surface area contributed by atoms with E-state index in [1.165, 1.54) is 13.0 Å². The van der Waals surface area contributed by atoms with Gasteiger partial charge in [-0.25, -0.2) is 0 Å². The summed E-state index contributed by atoms with van der Waals surface area (Å²) in [5, 5.41) is 10.7. The summed E-state index contributed by atoms with van der Waals surface area (Å²) >= 11 is 0. The first-order valence-corrected chi connectivity index (χ1v) is 7.78. The van der Waals surface area contributed by atoms with E-state index in [-0.39, 0.29) is 12.3 Å². The summed E-state index contributed by atoms with van der Waals surface area (Å²) in [5.41, 5.74) is 1.35. The average Bonchev–Trinajstić information content (AvgIpc) is 2.56. The van der Waals surface area contributed by atoms with Gasteiger partial charge in [-0.15, -0.1) is 0 Å². The van der Waals surface area contributed by atoms with Crippen LogP contribution in [0.3, 0.4) is 0 Å². The van der Waals surface area contributed by atoms with Crippen LogP contribution in [-0.4, -0.2) is 4.92 Å². The molecule has 120 valence electrons. The smallest absolute Gasteiger partial charge is 0.243 e. The fraction of sp³-hybridized carbons (Fsp3) is 0.125. The van der Waals surface area contributed by atoms with Crippen LogP contribution in [0, 0.1) is 10.1 Å². The molecule has 2 aromatic carbocycles. The van der Waals surface area contributed by atoms with Crippen molar-refractivity contribution in [3.63, 3.8) is 0 Å². The zero-order valence-corrected chi connectivity index (χ0v) is 13.6. The van der Waals surface area contributed by atoms with Crippen LogP contribution in [-0.2, 0) is 11.2 Å². The van der Waals surface area contributed by atoms with Gasteiger partial charge in [0, 0.05) is 18.6 Å². The van der Waals surface area contributed by atoms with Gasteiger partial charge in [0.05, 0.1) is 4.92 Å². The molecule has 0 fully saturated rings. The molecule has 0 bridgehead atoms. The van der Waals surface area contributed by atoms with Crippen LogP contribution in [0.1, 0.15) is 18.1 Å². The van der Waals surface area contributed by atoms with E-state index >= 15 is 0 Å². The van der Waals surface area contributed by atoms with Crippen LogP contribution < -0.4 is 9.26 Å². The van der Waals surface area contributed by atoms with E-state index in [0.717, 1.165) is 0 Å². The first-order valence-electron chi connectivity index (χ1n) is 6.84. The molecule has 0 saturated heterocycles. The lowest BCUT2D eigenvalue weighted by molar-refractivity contribution is -0.422. The van der Waals surface area contributed by atoms with Crippen molar-refractivity contribution in [3.8, 4) is 11.5 Å². The molecule has 7 heteroatoms. The highest BCUT2D eigenvalue weighted by molar-refractivity contribution is 7.17. The number of nitro groups is 1. The highest BCUT2D eigenvalue weighted by atomic mass is 31.1. The standard InChI is InChI=1S/C16H16NO5P/c1-12(17(18)19)9-13-7-8-16(22-23-20)14(10-13)11-21-15-5-3-2-4-6-15/h2-10H,11,23H2,1H3. The molecule has 2 rings (SSSR count). The van der Waals surface area contributed by atoms with Crippen LogP contribution in [0.15, 0.2) is 54.2 Å². The number of hydrogen-bond donors (Lipinski definition) is 0. The zero-order chi connectivity index (χ0) is 16.7. The van der Waals surface area contributed by atoms with Gasteiger partial charge in [-0.2, -0.15) is 0 Å². The van der Waals surface area contributed by atoms with Gasteiger partial charge >= 0.3 is 0 Å². The van der Waals surface area contributed by atoms with E-state index in [1.54, 1.807) is 18.2 Å². The first-order chi connectivity index (χ1) is 11.1. The van der Waals surface area contributed by atoms with E-state index in [0.29, 0.717) is 22.6 Å². The van der Waals surface area contributed by atoms with Crippen molar-refractivity contribution >= 4 is 14.8 Å². The molecular weight excluding hydrogens is 317 g/mol. The number of benzene rings is 2. The van der Waals surface area contributed by atoms with Crippen molar-refractivity contribution in [1.29, 1.82) is 0 Å². The lowest BCUT2D eigenvalue weighted by Crippen LogP contribution is -1.98. The Bertz CT molecular complexity index is 731. The lowest BCUT2D eigenvalue weighted by Gasteiger charge is -2.11. The molecule has 6 nitrogen and oxygen atoms in total. The number of hydrogen-bond acceptors (Lipinski definition) is 5. The van der Waals surface area contributed by atoms with Crippen molar-refractivity contribution in [2.75, 3.05) is 0 Å². The molecule has 1 unspecified atom stereocenters. The number of rotatable bonds is 7. The summed E-state index contributed by atoms with van der Waals surface area (Å²) in [6.45, 7) is 1.63. The Hall–Kier alpha value is -2.59. The Balaban J connectivity index is 2.25. The molecule has 0 aliphatic carbocycles. The van der Waals surface area contributed by atoms with Gasteiger partial charge < -0.3 is 9.26 Å². The lowest BCUT2D eigenvalue weighted by atomic mass is 10.1. The van der Waals surface area contributed by atoms with Gasteiger partial charge in [0.15, 0.2) is 0 Å². The third kappa shape index (κ3) is 4.97. The van der Waals surface area contributed by atoms with Gasteiger partial charge in [-0.05, 0) is 29.8 Å². The maximum atomic E-state index is 10.8. The maximum absolute atomic E-state index is 10.8. The van der Waals surface area contributed by atoms with Gasteiger partial charge in [-0.1, -0.05) is 24.3 Å². The molecule has 0 aliphatic rings. The van der Waals surface area contributed by atoms with Crippen LogP contribution in [0.2, 0.25) is 0 Å². The second-order valence-electron chi connectivity index (χ2n) is 4.73. The molecule has 0 aliphatic heterocycles. The van der Waals surface area contributed by atoms with Crippen molar-refractivity contribution < 1.29 is 18.7 Å². The van der Waals surface area contributed by atoms with E-state index < -0.39 is 13.6 Å².